The van der Waals surface area contributed by atoms with Crippen molar-refractivity contribution in [2.45, 2.75) is 0 Å². The molecule has 3 aromatic rings. The lowest BCUT2D eigenvalue weighted by molar-refractivity contribution is 0.102. The maximum absolute atomic E-state index is 12.4. The van der Waals surface area contributed by atoms with E-state index in [2.05, 4.69) is 10.3 Å². The monoisotopic (exact) mass is 340 g/mol. The number of rotatable bonds is 5. The number of hydrogen-bond donors (Lipinski definition) is 1. The fraction of sp³-hybridized carbons (Fsp3) is 0.111. The van der Waals surface area contributed by atoms with Crippen molar-refractivity contribution in [2.75, 3.05) is 19.5 Å². The maximum Gasteiger partial charge on any atom is 0.255 e. The molecule has 0 saturated heterocycles. The zero-order valence-electron chi connectivity index (χ0n) is 13.3. The molecule has 1 heterocycles. The molecule has 0 aliphatic carbocycles. The van der Waals surface area contributed by atoms with Crippen LogP contribution in [0.15, 0.2) is 54.0 Å². The molecule has 0 bridgehead atoms. The van der Waals surface area contributed by atoms with E-state index in [4.69, 9.17) is 9.47 Å². The molecule has 1 aromatic heterocycles. The van der Waals surface area contributed by atoms with Crippen molar-refractivity contribution >= 4 is 22.9 Å². The number of aromatic nitrogens is 1. The van der Waals surface area contributed by atoms with Crippen molar-refractivity contribution in [2.24, 2.45) is 0 Å². The summed E-state index contributed by atoms with van der Waals surface area (Å²) in [6, 6.07) is 12.6. The fourth-order valence-corrected chi connectivity index (χ4v) is 2.87. The normalized spacial score (nSPS) is 10.2. The molecule has 3 rings (SSSR count). The molecule has 0 unspecified atom stereocenters. The zero-order chi connectivity index (χ0) is 16.9. The number of carbonyl (C=O) groups is 1. The first kappa shape index (κ1) is 16.0. The van der Waals surface area contributed by atoms with E-state index in [1.54, 1.807) is 62.1 Å². The Morgan fingerprint density at radius 3 is 2.50 bits per heavy atom. The summed E-state index contributed by atoms with van der Waals surface area (Å²) in [6.45, 7) is 0. The van der Waals surface area contributed by atoms with Gasteiger partial charge in [0.25, 0.3) is 5.91 Å². The van der Waals surface area contributed by atoms with Crippen LogP contribution in [-0.2, 0) is 0 Å². The maximum atomic E-state index is 12.4. The molecule has 0 atom stereocenters. The third kappa shape index (κ3) is 3.38. The van der Waals surface area contributed by atoms with Gasteiger partial charge in [-0.3, -0.25) is 4.79 Å². The van der Waals surface area contributed by atoms with Crippen molar-refractivity contribution in [1.82, 2.24) is 4.98 Å². The van der Waals surface area contributed by atoms with E-state index in [-0.39, 0.29) is 5.91 Å². The predicted octanol–water partition coefficient (Wildman–Crippen LogP) is 4.08. The van der Waals surface area contributed by atoms with Gasteiger partial charge in [0.1, 0.15) is 16.5 Å². The highest BCUT2D eigenvalue weighted by Crippen LogP contribution is 2.29. The van der Waals surface area contributed by atoms with Gasteiger partial charge in [-0.05, 0) is 24.3 Å². The van der Waals surface area contributed by atoms with E-state index in [1.807, 2.05) is 17.5 Å². The number of thiazole rings is 1. The number of benzene rings is 2. The molecular formula is C18H16N2O3S. The Bertz CT molecular complexity index is 830. The van der Waals surface area contributed by atoms with Gasteiger partial charge in [-0.1, -0.05) is 12.1 Å². The zero-order valence-corrected chi connectivity index (χ0v) is 14.1. The van der Waals surface area contributed by atoms with Crippen molar-refractivity contribution in [3.8, 4) is 22.1 Å². The van der Waals surface area contributed by atoms with Gasteiger partial charge in [-0.25, -0.2) is 4.98 Å². The Balaban J connectivity index is 1.77. The Hall–Kier alpha value is -2.86. The second kappa shape index (κ2) is 7.14. The molecule has 1 N–H and O–H groups in total. The van der Waals surface area contributed by atoms with Gasteiger partial charge < -0.3 is 14.8 Å². The summed E-state index contributed by atoms with van der Waals surface area (Å²) in [7, 11) is 3.13. The molecule has 0 aliphatic heterocycles. The molecule has 24 heavy (non-hydrogen) atoms. The number of amides is 1. The predicted molar refractivity (Wildman–Crippen MR) is 95.0 cm³/mol. The van der Waals surface area contributed by atoms with E-state index in [0.29, 0.717) is 22.7 Å². The van der Waals surface area contributed by atoms with Crippen LogP contribution in [0.1, 0.15) is 10.4 Å². The molecule has 6 heteroatoms. The number of methoxy groups -OCH3 is 2. The molecular weight excluding hydrogens is 324 g/mol. The number of nitrogens with zero attached hydrogens (tertiary/aromatic N) is 1. The summed E-state index contributed by atoms with van der Waals surface area (Å²) in [5.41, 5.74) is 2.14. The molecule has 122 valence electrons. The van der Waals surface area contributed by atoms with Gasteiger partial charge in [0.05, 0.1) is 19.9 Å². The standard InChI is InChI=1S/C18H16N2O3S/c1-22-14-7-8-15(16(11-14)23-2)20-17(21)12-3-5-13(6-4-12)18-19-9-10-24-18/h3-11H,1-2H3,(H,20,21). The Labute approximate surface area is 143 Å². The fourth-order valence-electron chi connectivity index (χ4n) is 2.23. The molecule has 0 radical (unpaired) electrons. The first-order valence-corrected chi connectivity index (χ1v) is 8.12. The SMILES string of the molecule is COc1ccc(NC(=O)c2ccc(-c3nccs3)cc2)c(OC)c1. The van der Waals surface area contributed by atoms with Crippen LogP contribution in [0, 0.1) is 0 Å². The minimum Gasteiger partial charge on any atom is -0.497 e. The average Bonchev–Trinajstić information content (AvgIpc) is 3.16. The van der Waals surface area contributed by atoms with Crippen molar-refractivity contribution in [3.05, 3.63) is 59.6 Å². The summed E-state index contributed by atoms with van der Waals surface area (Å²) < 4.78 is 10.4. The molecule has 1 amide bonds. The van der Waals surface area contributed by atoms with Crippen LogP contribution in [0.25, 0.3) is 10.6 Å². The van der Waals surface area contributed by atoms with Crippen LogP contribution in [0.5, 0.6) is 11.5 Å². The third-order valence-electron chi connectivity index (χ3n) is 3.48. The van der Waals surface area contributed by atoms with Crippen LogP contribution >= 0.6 is 11.3 Å². The lowest BCUT2D eigenvalue weighted by Crippen LogP contribution is -2.12. The Kier molecular flexibility index (Phi) is 4.77. The van der Waals surface area contributed by atoms with E-state index in [9.17, 15) is 4.79 Å². The molecule has 0 saturated carbocycles. The summed E-state index contributed by atoms with van der Waals surface area (Å²) in [6.07, 6.45) is 1.76. The van der Waals surface area contributed by atoms with Crippen LogP contribution in [-0.4, -0.2) is 25.1 Å². The number of carbonyl (C=O) groups excluding carboxylic acids is 1. The number of nitrogens with one attached hydrogen (secondary N) is 1. The highest BCUT2D eigenvalue weighted by molar-refractivity contribution is 7.13. The smallest absolute Gasteiger partial charge is 0.255 e. The molecule has 5 nitrogen and oxygen atoms in total. The largest absolute Gasteiger partial charge is 0.497 e. The number of anilines is 1. The quantitative estimate of drug-likeness (QED) is 0.760. The summed E-state index contributed by atoms with van der Waals surface area (Å²) in [5.74, 6) is 1.00. The van der Waals surface area contributed by atoms with Gasteiger partial charge in [-0.15, -0.1) is 11.3 Å². The summed E-state index contributed by atoms with van der Waals surface area (Å²) in [5, 5.41) is 5.70. The lowest BCUT2D eigenvalue weighted by atomic mass is 10.1. The minimum absolute atomic E-state index is 0.204. The van der Waals surface area contributed by atoms with Crippen molar-refractivity contribution in [3.63, 3.8) is 0 Å². The second-order valence-corrected chi connectivity index (χ2v) is 5.83. The van der Waals surface area contributed by atoms with Crippen LogP contribution in [0.2, 0.25) is 0 Å². The van der Waals surface area contributed by atoms with E-state index >= 15 is 0 Å². The minimum atomic E-state index is -0.204. The van der Waals surface area contributed by atoms with Crippen molar-refractivity contribution in [1.29, 1.82) is 0 Å². The van der Waals surface area contributed by atoms with Gasteiger partial charge in [-0.2, -0.15) is 0 Å². The van der Waals surface area contributed by atoms with Crippen LogP contribution in [0.3, 0.4) is 0 Å². The van der Waals surface area contributed by atoms with Gasteiger partial charge >= 0.3 is 0 Å². The molecule has 0 fully saturated rings. The van der Waals surface area contributed by atoms with Gasteiger partial charge in [0.2, 0.25) is 0 Å². The van der Waals surface area contributed by atoms with Gasteiger partial charge in [0, 0.05) is 28.8 Å². The number of hydrogen-bond acceptors (Lipinski definition) is 5. The topological polar surface area (TPSA) is 60.5 Å². The highest BCUT2D eigenvalue weighted by atomic mass is 32.1. The van der Waals surface area contributed by atoms with E-state index in [1.165, 1.54) is 0 Å². The summed E-state index contributed by atoms with van der Waals surface area (Å²) >= 11 is 1.56. The molecule has 0 spiro atoms. The number of ether oxygens (including phenoxy) is 2. The van der Waals surface area contributed by atoms with E-state index in [0.717, 1.165) is 10.6 Å². The first-order chi connectivity index (χ1) is 11.7. The van der Waals surface area contributed by atoms with Crippen LogP contribution < -0.4 is 14.8 Å². The Morgan fingerprint density at radius 1 is 1.08 bits per heavy atom. The first-order valence-electron chi connectivity index (χ1n) is 7.24. The van der Waals surface area contributed by atoms with Crippen molar-refractivity contribution < 1.29 is 14.3 Å². The highest BCUT2D eigenvalue weighted by Gasteiger charge is 2.11. The average molecular weight is 340 g/mol. The van der Waals surface area contributed by atoms with E-state index < -0.39 is 0 Å². The third-order valence-corrected chi connectivity index (χ3v) is 4.31. The van der Waals surface area contributed by atoms with Gasteiger partial charge in [0.15, 0.2) is 0 Å². The molecule has 0 aliphatic rings. The molecule has 2 aromatic carbocycles. The Morgan fingerprint density at radius 2 is 1.88 bits per heavy atom. The second-order valence-electron chi connectivity index (χ2n) is 4.93. The van der Waals surface area contributed by atoms with Crippen LogP contribution in [0.4, 0.5) is 5.69 Å². The summed E-state index contributed by atoms with van der Waals surface area (Å²) in [4.78, 5) is 16.7. The lowest BCUT2D eigenvalue weighted by Gasteiger charge is -2.11.